The Hall–Kier alpha value is -4.82. The fourth-order valence-electron chi connectivity index (χ4n) is 5.33. The molecule has 4 unspecified atom stereocenters. The van der Waals surface area contributed by atoms with Gasteiger partial charge >= 0.3 is 11.9 Å². The molecule has 14 nitrogen and oxygen atoms in total. The summed E-state index contributed by atoms with van der Waals surface area (Å²) in [6.45, 7) is 1.05. The standard InChI is InChI=1S/C30H36N6O8/c1-17-3-5-18(6-4-17)27(39)33-20-11-23(35(15-20)25(37)13-31)29(41)44-30(42)24-12-21(16-36(24)26(38)14-32)34-28(40)19-7-9-22(43-2)10-8-19/h3-10,20-21,23-24H,11-16,31-32H2,1-2H3,(H,33,39)(H,34,40). The lowest BCUT2D eigenvalue weighted by Crippen LogP contribution is -2.48. The van der Waals surface area contributed by atoms with Crippen LogP contribution in [0.25, 0.3) is 0 Å². The fraction of sp³-hybridized carbons (Fsp3) is 0.400. The van der Waals surface area contributed by atoms with Crippen molar-refractivity contribution in [2.24, 2.45) is 11.5 Å². The van der Waals surface area contributed by atoms with Crippen LogP contribution < -0.4 is 26.8 Å². The molecule has 44 heavy (non-hydrogen) atoms. The highest BCUT2D eigenvalue weighted by Gasteiger charge is 2.45. The fourth-order valence-corrected chi connectivity index (χ4v) is 5.33. The second-order valence-corrected chi connectivity index (χ2v) is 10.7. The summed E-state index contributed by atoms with van der Waals surface area (Å²) in [6, 6.07) is 9.67. The number of esters is 2. The van der Waals surface area contributed by atoms with Crippen LogP contribution in [-0.2, 0) is 23.9 Å². The van der Waals surface area contributed by atoms with Crippen molar-refractivity contribution in [3.63, 3.8) is 0 Å². The van der Waals surface area contributed by atoms with Crippen LogP contribution in [0.4, 0.5) is 0 Å². The second-order valence-electron chi connectivity index (χ2n) is 10.7. The van der Waals surface area contributed by atoms with Gasteiger partial charge in [0.25, 0.3) is 11.8 Å². The van der Waals surface area contributed by atoms with Crippen molar-refractivity contribution >= 4 is 35.6 Å². The Morgan fingerprint density at radius 1 is 0.727 bits per heavy atom. The Labute approximate surface area is 254 Å². The van der Waals surface area contributed by atoms with E-state index in [0.717, 1.165) is 10.5 Å². The Morgan fingerprint density at radius 2 is 1.14 bits per heavy atom. The smallest absolute Gasteiger partial charge is 0.336 e. The van der Waals surface area contributed by atoms with E-state index in [0.29, 0.717) is 16.9 Å². The van der Waals surface area contributed by atoms with Gasteiger partial charge in [0.05, 0.1) is 20.2 Å². The van der Waals surface area contributed by atoms with Gasteiger partial charge in [0.1, 0.15) is 17.8 Å². The maximum Gasteiger partial charge on any atom is 0.336 e. The summed E-state index contributed by atoms with van der Waals surface area (Å²) in [5.41, 5.74) is 12.8. The van der Waals surface area contributed by atoms with Crippen molar-refractivity contribution in [2.75, 3.05) is 33.3 Å². The lowest BCUT2D eigenvalue weighted by Gasteiger charge is -2.24. The lowest BCUT2D eigenvalue weighted by molar-refractivity contribution is -0.168. The normalized spacial score (nSPS) is 21.0. The number of carbonyl (C=O) groups excluding carboxylic acids is 6. The van der Waals surface area contributed by atoms with Crippen LogP contribution in [-0.4, -0.2) is 103 Å². The van der Waals surface area contributed by atoms with Gasteiger partial charge in [0.2, 0.25) is 11.8 Å². The predicted molar refractivity (Wildman–Crippen MR) is 156 cm³/mol. The van der Waals surface area contributed by atoms with Crippen molar-refractivity contribution in [1.82, 2.24) is 20.4 Å². The van der Waals surface area contributed by atoms with Gasteiger partial charge in [-0.1, -0.05) is 17.7 Å². The van der Waals surface area contributed by atoms with Gasteiger partial charge in [0, 0.05) is 49.1 Å². The molecule has 4 atom stereocenters. The molecule has 2 aromatic rings. The number of nitrogens with one attached hydrogen (secondary N) is 2. The van der Waals surface area contributed by atoms with Crippen molar-refractivity contribution in [3.05, 3.63) is 65.2 Å². The van der Waals surface area contributed by atoms with Gasteiger partial charge in [-0.2, -0.15) is 0 Å². The van der Waals surface area contributed by atoms with Crippen LogP contribution in [0.3, 0.4) is 0 Å². The Morgan fingerprint density at radius 3 is 1.52 bits per heavy atom. The van der Waals surface area contributed by atoms with Gasteiger partial charge in [-0.15, -0.1) is 0 Å². The molecule has 4 rings (SSSR count). The highest BCUT2D eigenvalue weighted by molar-refractivity contribution is 5.97. The quantitative estimate of drug-likeness (QED) is 0.204. The van der Waals surface area contributed by atoms with E-state index in [1.165, 1.54) is 12.0 Å². The number of carbonyl (C=O) groups is 6. The first-order valence-corrected chi connectivity index (χ1v) is 14.1. The lowest BCUT2D eigenvalue weighted by atomic mass is 10.1. The molecule has 2 aliphatic heterocycles. The third kappa shape index (κ3) is 7.38. The van der Waals surface area contributed by atoms with Crippen LogP contribution in [0.2, 0.25) is 0 Å². The topological polar surface area (TPSA) is 203 Å². The largest absolute Gasteiger partial charge is 0.497 e. The highest BCUT2D eigenvalue weighted by atomic mass is 16.6. The van der Waals surface area contributed by atoms with E-state index in [-0.39, 0.29) is 31.8 Å². The van der Waals surface area contributed by atoms with Crippen molar-refractivity contribution in [3.8, 4) is 5.75 Å². The molecular weight excluding hydrogens is 572 g/mol. The van der Waals surface area contributed by atoms with Crippen molar-refractivity contribution in [2.45, 2.75) is 43.9 Å². The molecule has 6 N–H and O–H groups in total. The van der Waals surface area contributed by atoms with E-state index in [2.05, 4.69) is 10.6 Å². The first-order chi connectivity index (χ1) is 21.0. The first kappa shape index (κ1) is 32.1. The summed E-state index contributed by atoms with van der Waals surface area (Å²) in [7, 11) is 1.50. The number of ether oxygens (including phenoxy) is 2. The van der Waals surface area contributed by atoms with Gasteiger partial charge in [-0.05, 0) is 43.3 Å². The summed E-state index contributed by atoms with van der Waals surface area (Å²) in [4.78, 5) is 79.5. The molecule has 2 aliphatic rings. The number of nitrogens with two attached hydrogens (primary N) is 2. The molecule has 14 heteroatoms. The predicted octanol–water partition coefficient (Wildman–Crippen LogP) is -0.910. The van der Waals surface area contributed by atoms with E-state index in [4.69, 9.17) is 20.9 Å². The number of nitrogens with zero attached hydrogens (tertiary/aromatic N) is 2. The summed E-state index contributed by atoms with van der Waals surface area (Å²) in [5, 5.41) is 5.60. The van der Waals surface area contributed by atoms with E-state index >= 15 is 0 Å². The molecule has 0 radical (unpaired) electrons. The Bertz CT molecular complexity index is 1410. The van der Waals surface area contributed by atoms with E-state index in [1.54, 1.807) is 48.5 Å². The third-order valence-electron chi connectivity index (χ3n) is 7.67. The molecule has 4 amide bonds. The number of amides is 4. The average molecular weight is 609 g/mol. The average Bonchev–Trinajstić information content (AvgIpc) is 3.65. The number of aryl methyl sites for hydroxylation is 1. The molecule has 2 fully saturated rings. The summed E-state index contributed by atoms with van der Waals surface area (Å²) < 4.78 is 10.3. The highest BCUT2D eigenvalue weighted by Crippen LogP contribution is 2.24. The zero-order valence-electron chi connectivity index (χ0n) is 24.5. The number of methoxy groups -OCH3 is 1. The molecule has 0 aliphatic carbocycles. The van der Waals surface area contributed by atoms with Gasteiger partial charge in [-0.3, -0.25) is 19.2 Å². The molecular formula is C30H36N6O8. The molecule has 2 aromatic carbocycles. The van der Waals surface area contributed by atoms with Crippen molar-refractivity contribution < 1.29 is 38.2 Å². The molecule has 0 spiro atoms. The number of hydrogen-bond donors (Lipinski definition) is 4. The van der Waals surface area contributed by atoms with Crippen LogP contribution in [0.1, 0.15) is 39.1 Å². The van der Waals surface area contributed by atoms with Crippen LogP contribution in [0.15, 0.2) is 48.5 Å². The number of rotatable bonds is 9. The minimum absolute atomic E-state index is 0.00783. The monoisotopic (exact) mass is 608 g/mol. The van der Waals surface area contributed by atoms with Crippen LogP contribution >= 0.6 is 0 Å². The summed E-state index contributed by atoms with van der Waals surface area (Å²) >= 11 is 0. The maximum absolute atomic E-state index is 13.2. The minimum Gasteiger partial charge on any atom is -0.497 e. The second kappa shape index (κ2) is 14.1. The van der Waals surface area contributed by atoms with Crippen LogP contribution in [0.5, 0.6) is 5.75 Å². The van der Waals surface area contributed by atoms with Crippen molar-refractivity contribution in [1.29, 1.82) is 0 Å². The number of benzene rings is 2. The molecule has 2 saturated heterocycles. The molecule has 2 heterocycles. The molecule has 234 valence electrons. The minimum atomic E-state index is -1.20. The van der Waals surface area contributed by atoms with E-state index < -0.39 is 66.9 Å². The zero-order valence-corrected chi connectivity index (χ0v) is 24.5. The first-order valence-electron chi connectivity index (χ1n) is 14.1. The van der Waals surface area contributed by atoms with E-state index in [1.807, 2.05) is 6.92 Å². The molecule has 0 bridgehead atoms. The Balaban J connectivity index is 1.42. The van der Waals surface area contributed by atoms with Crippen LogP contribution in [0, 0.1) is 6.92 Å². The maximum atomic E-state index is 13.2. The molecule has 0 aromatic heterocycles. The van der Waals surface area contributed by atoms with Gasteiger partial charge < -0.3 is 41.4 Å². The van der Waals surface area contributed by atoms with Gasteiger partial charge in [-0.25, -0.2) is 9.59 Å². The Kier molecular flexibility index (Phi) is 10.3. The SMILES string of the molecule is COc1ccc(C(=O)NC2CC(C(=O)OC(=O)C3CC(NC(=O)c4ccc(C)cc4)CN3C(=O)CN)N(C(=O)CN)C2)cc1. The van der Waals surface area contributed by atoms with Gasteiger partial charge in [0.15, 0.2) is 0 Å². The zero-order chi connectivity index (χ0) is 32.0. The summed E-state index contributed by atoms with van der Waals surface area (Å²) in [6.07, 6.45) is -0.0306. The number of hydrogen-bond acceptors (Lipinski definition) is 10. The third-order valence-corrected chi connectivity index (χ3v) is 7.67. The number of likely N-dealkylation sites (tertiary alicyclic amines) is 2. The van der Waals surface area contributed by atoms with E-state index in [9.17, 15) is 28.8 Å². The summed E-state index contributed by atoms with van der Waals surface area (Å²) in [5.74, 6) is -3.41. The molecule has 0 saturated carbocycles.